The van der Waals surface area contributed by atoms with E-state index in [1.807, 2.05) is 6.07 Å². The van der Waals surface area contributed by atoms with Crippen molar-refractivity contribution in [3.8, 4) is 11.1 Å². The number of rotatable bonds is 4. The van der Waals surface area contributed by atoms with E-state index >= 15 is 0 Å². The van der Waals surface area contributed by atoms with E-state index < -0.39 is 0 Å². The summed E-state index contributed by atoms with van der Waals surface area (Å²) >= 11 is 6.56. The summed E-state index contributed by atoms with van der Waals surface area (Å²) < 4.78 is 0. The molecule has 134 valence electrons. The third-order valence-electron chi connectivity index (χ3n) is 4.86. The molecule has 0 saturated carbocycles. The number of piperazine rings is 1. The van der Waals surface area contributed by atoms with E-state index in [2.05, 4.69) is 52.7 Å². The van der Waals surface area contributed by atoms with Crippen LogP contribution in [0, 0.1) is 0 Å². The minimum Gasteiger partial charge on any atom is -0.353 e. The molecular weight excluding hydrogens is 344 g/mol. The van der Waals surface area contributed by atoms with Crippen molar-refractivity contribution in [1.82, 2.24) is 10.3 Å². The maximum absolute atomic E-state index is 6.56. The van der Waals surface area contributed by atoms with Gasteiger partial charge in [-0.3, -0.25) is 0 Å². The Hall–Kier alpha value is -2.14. The zero-order valence-corrected chi connectivity index (χ0v) is 15.5. The van der Waals surface area contributed by atoms with Crippen LogP contribution in [0.3, 0.4) is 0 Å². The molecule has 4 rings (SSSR count). The molecule has 0 amide bonds. The van der Waals surface area contributed by atoms with Crippen LogP contribution in [0.15, 0.2) is 48.5 Å². The highest BCUT2D eigenvalue weighted by molar-refractivity contribution is 6.33. The second-order valence-electron chi connectivity index (χ2n) is 6.68. The number of fused-ring (bicyclic) bond motifs is 1. The Kier molecular flexibility index (Phi) is 5.07. The third kappa shape index (κ3) is 3.54. The van der Waals surface area contributed by atoms with Crippen LogP contribution in [0.1, 0.15) is 5.56 Å². The number of nitrogens with one attached hydrogen (secondary N) is 1. The van der Waals surface area contributed by atoms with Crippen LogP contribution in [0.4, 0.5) is 5.82 Å². The van der Waals surface area contributed by atoms with E-state index in [1.165, 1.54) is 16.7 Å². The lowest BCUT2D eigenvalue weighted by Gasteiger charge is -2.29. The SMILES string of the molecule is NCCc1cccc(-c2ccc3nc(N4CCNCC4)c(Cl)cc3c2)c1. The normalized spacial score (nSPS) is 14.8. The third-order valence-corrected chi connectivity index (χ3v) is 5.14. The van der Waals surface area contributed by atoms with E-state index in [9.17, 15) is 0 Å². The van der Waals surface area contributed by atoms with Gasteiger partial charge in [0.2, 0.25) is 0 Å². The van der Waals surface area contributed by atoms with Gasteiger partial charge in [0.1, 0.15) is 5.82 Å². The van der Waals surface area contributed by atoms with Crippen LogP contribution in [0.5, 0.6) is 0 Å². The van der Waals surface area contributed by atoms with Gasteiger partial charge in [-0.05, 0) is 47.9 Å². The van der Waals surface area contributed by atoms with Crippen LogP contribution in [0.25, 0.3) is 22.0 Å². The summed E-state index contributed by atoms with van der Waals surface area (Å²) in [7, 11) is 0. The fourth-order valence-electron chi connectivity index (χ4n) is 3.49. The first-order valence-electron chi connectivity index (χ1n) is 9.10. The number of hydrogen-bond acceptors (Lipinski definition) is 4. The van der Waals surface area contributed by atoms with E-state index in [-0.39, 0.29) is 0 Å². The van der Waals surface area contributed by atoms with Crippen molar-refractivity contribution in [1.29, 1.82) is 0 Å². The van der Waals surface area contributed by atoms with Crippen molar-refractivity contribution in [3.05, 3.63) is 59.1 Å². The van der Waals surface area contributed by atoms with Gasteiger partial charge in [-0.25, -0.2) is 4.98 Å². The lowest BCUT2D eigenvalue weighted by molar-refractivity contribution is 0.585. The lowest BCUT2D eigenvalue weighted by atomic mass is 10.00. The van der Waals surface area contributed by atoms with Crippen molar-refractivity contribution in [2.75, 3.05) is 37.6 Å². The summed E-state index contributed by atoms with van der Waals surface area (Å²) in [5.74, 6) is 0.887. The number of aromatic nitrogens is 1. The highest BCUT2D eigenvalue weighted by Crippen LogP contribution is 2.31. The number of pyridine rings is 1. The number of nitrogens with two attached hydrogens (primary N) is 1. The average Bonchev–Trinajstić information content (AvgIpc) is 2.68. The minimum atomic E-state index is 0.662. The Morgan fingerprint density at radius 1 is 1.04 bits per heavy atom. The Labute approximate surface area is 159 Å². The molecule has 0 radical (unpaired) electrons. The predicted molar refractivity (Wildman–Crippen MR) is 110 cm³/mol. The Bertz CT molecular complexity index is 919. The number of benzene rings is 2. The lowest BCUT2D eigenvalue weighted by Crippen LogP contribution is -2.44. The number of halogens is 1. The zero-order chi connectivity index (χ0) is 17.9. The maximum Gasteiger partial charge on any atom is 0.148 e. The first-order valence-corrected chi connectivity index (χ1v) is 9.48. The average molecular weight is 367 g/mol. The van der Waals surface area contributed by atoms with Crippen molar-refractivity contribution in [2.45, 2.75) is 6.42 Å². The molecule has 5 heteroatoms. The quantitative estimate of drug-likeness (QED) is 0.742. The molecule has 1 fully saturated rings. The van der Waals surface area contributed by atoms with Crippen LogP contribution in [-0.4, -0.2) is 37.7 Å². The topological polar surface area (TPSA) is 54.2 Å². The van der Waals surface area contributed by atoms with Gasteiger partial charge in [0.15, 0.2) is 0 Å². The summed E-state index contributed by atoms with van der Waals surface area (Å²) in [5.41, 5.74) is 10.3. The molecule has 0 aliphatic carbocycles. The van der Waals surface area contributed by atoms with Gasteiger partial charge in [-0.15, -0.1) is 0 Å². The van der Waals surface area contributed by atoms with Crippen LogP contribution >= 0.6 is 11.6 Å². The second kappa shape index (κ2) is 7.62. The highest BCUT2D eigenvalue weighted by Gasteiger charge is 2.16. The van der Waals surface area contributed by atoms with Crippen LogP contribution in [0.2, 0.25) is 5.02 Å². The monoisotopic (exact) mass is 366 g/mol. The summed E-state index contributed by atoms with van der Waals surface area (Å²) in [6, 6.07) is 17.0. The van der Waals surface area contributed by atoms with Gasteiger partial charge in [-0.1, -0.05) is 41.9 Å². The fourth-order valence-corrected chi connectivity index (χ4v) is 3.77. The molecule has 1 saturated heterocycles. The van der Waals surface area contributed by atoms with Gasteiger partial charge < -0.3 is 16.0 Å². The molecule has 1 aromatic heterocycles. The summed E-state index contributed by atoms with van der Waals surface area (Å²) in [6.45, 7) is 4.46. The predicted octanol–water partition coefficient (Wildman–Crippen LogP) is 3.47. The van der Waals surface area contributed by atoms with Crippen molar-refractivity contribution in [3.63, 3.8) is 0 Å². The summed E-state index contributed by atoms with van der Waals surface area (Å²) in [5, 5.41) is 5.14. The highest BCUT2D eigenvalue weighted by atomic mass is 35.5. The Morgan fingerprint density at radius 3 is 2.65 bits per heavy atom. The first-order chi connectivity index (χ1) is 12.7. The van der Waals surface area contributed by atoms with Gasteiger partial charge in [0.05, 0.1) is 10.5 Å². The van der Waals surface area contributed by atoms with E-state index in [0.29, 0.717) is 11.6 Å². The zero-order valence-electron chi connectivity index (χ0n) is 14.7. The molecule has 0 atom stereocenters. The maximum atomic E-state index is 6.56. The second-order valence-corrected chi connectivity index (χ2v) is 7.08. The Balaban J connectivity index is 1.70. The summed E-state index contributed by atoms with van der Waals surface area (Å²) in [6.07, 6.45) is 0.892. The first kappa shape index (κ1) is 17.3. The number of anilines is 1. The molecule has 4 nitrogen and oxygen atoms in total. The van der Waals surface area contributed by atoms with Gasteiger partial charge >= 0.3 is 0 Å². The van der Waals surface area contributed by atoms with Gasteiger partial charge in [0, 0.05) is 31.6 Å². The minimum absolute atomic E-state index is 0.662. The molecule has 1 aliphatic heterocycles. The number of nitrogens with zero attached hydrogens (tertiary/aromatic N) is 2. The van der Waals surface area contributed by atoms with E-state index in [4.69, 9.17) is 22.3 Å². The van der Waals surface area contributed by atoms with E-state index in [1.54, 1.807) is 0 Å². The summed E-state index contributed by atoms with van der Waals surface area (Å²) in [4.78, 5) is 7.08. The fraction of sp³-hybridized carbons (Fsp3) is 0.286. The smallest absolute Gasteiger partial charge is 0.148 e. The molecule has 3 aromatic rings. The largest absolute Gasteiger partial charge is 0.353 e. The molecular formula is C21H23ClN4. The molecule has 0 bridgehead atoms. The molecule has 0 spiro atoms. The van der Waals surface area contributed by atoms with Gasteiger partial charge in [-0.2, -0.15) is 0 Å². The Morgan fingerprint density at radius 2 is 1.85 bits per heavy atom. The molecule has 2 heterocycles. The number of hydrogen-bond donors (Lipinski definition) is 2. The standard InChI is InChI=1S/C21H23ClN4/c22-19-14-18-13-17(16-3-1-2-15(12-16)6-7-23)4-5-20(18)25-21(19)26-10-8-24-9-11-26/h1-5,12-14,24H,6-11,23H2. The molecule has 26 heavy (non-hydrogen) atoms. The van der Waals surface area contributed by atoms with Crippen LogP contribution in [-0.2, 0) is 6.42 Å². The van der Waals surface area contributed by atoms with Crippen molar-refractivity contribution in [2.24, 2.45) is 5.73 Å². The van der Waals surface area contributed by atoms with E-state index in [0.717, 1.165) is 49.3 Å². The molecule has 0 unspecified atom stereocenters. The molecule has 3 N–H and O–H groups in total. The van der Waals surface area contributed by atoms with Crippen molar-refractivity contribution >= 4 is 28.3 Å². The molecule has 2 aromatic carbocycles. The molecule has 1 aliphatic rings. The van der Waals surface area contributed by atoms with Crippen molar-refractivity contribution < 1.29 is 0 Å². The van der Waals surface area contributed by atoms with Crippen LogP contribution < -0.4 is 16.0 Å². The van der Waals surface area contributed by atoms with Gasteiger partial charge in [0.25, 0.3) is 0 Å².